The lowest BCUT2D eigenvalue weighted by molar-refractivity contribution is 0.0949. The fourth-order valence-electron chi connectivity index (χ4n) is 2.13. The molecule has 2 rings (SSSR count). The SMILES string of the molecule is C=C(C)[C@@H]1CC=C(C)/C(=N\NC(=O)c2cc(C)[nH]n2)C1. The molecule has 0 unspecified atom stereocenters. The fourth-order valence-corrected chi connectivity index (χ4v) is 2.13. The highest BCUT2D eigenvalue weighted by molar-refractivity contribution is 6.02. The number of amides is 1. The first-order valence-corrected chi connectivity index (χ1v) is 6.69. The maximum atomic E-state index is 11.9. The Balaban J connectivity index is 2.06. The number of aryl methyl sites for hydroxylation is 1. The number of rotatable bonds is 3. The minimum atomic E-state index is -0.299. The normalized spacial score (nSPS) is 20.6. The van der Waals surface area contributed by atoms with Crippen molar-refractivity contribution in [1.82, 2.24) is 15.6 Å². The number of carbonyl (C=O) groups is 1. The monoisotopic (exact) mass is 272 g/mol. The fraction of sp³-hybridized carbons (Fsp3) is 0.400. The molecule has 1 aliphatic carbocycles. The van der Waals surface area contributed by atoms with Gasteiger partial charge >= 0.3 is 0 Å². The largest absolute Gasteiger partial charge is 0.291 e. The molecule has 1 atom stereocenters. The van der Waals surface area contributed by atoms with E-state index >= 15 is 0 Å². The van der Waals surface area contributed by atoms with Crippen LogP contribution in [0.25, 0.3) is 0 Å². The van der Waals surface area contributed by atoms with Gasteiger partial charge in [0.2, 0.25) is 0 Å². The van der Waals surface area contributed by atoms with Crippen LogP contribution in [0.1, 0.15) is 42.9 Å². The Morgan fingerprint density at radius 3 is 2.90 bits per heavy atom. The molecule has 1 aliphatic rings. The van der Waals surface area contributed by atoms with Crippen molar-refractivity contribution in [3.63, 3.8) is 0 Å². The lowest BCUT2D eigenvalue weighted by Gasteiger charge is -2.22. The second-order valence-electron chi connectivity index (χ2n) is 5.31. The van der Waals surface area contributed by atoms with Crippen LogP contribution in [-0.2, 0) is 0 Å². The van der Waals surface area contributed by atoms with Crippen molar-refractivity contribution >= 4 is 11.6 Å². The maximum Gasteiger partial charge on any atom is 0.291 e. The molecule has 0 saturated heterocycles. The number of hydrogen-bond donors (Lipinski definition) is 2. The summed E-state index contributed by atoms with van der Waals surface area (Å²) in [7, 11) is 0. The van der Waals surface area contributed by atoms with E-state index in [4.69, 9.17) is 0 Å². The Morgan fingerprint density at radius 1 is 1.55 bits per heavy atom. The molecule has 5 nitrogen and oxygen atoms in total. The zero-order valence-electron chi connectivity index (χ0n) is 12.2. The van der Waals surface area contributed by atoms with Gasteiger partial charge in [0.1, 0.15) is 0 Å². The van der Waals surface area contributed by atoms with Crippen molar-refractivity contribution in [2.24, 2.45) is 11.0 Å². The van der Waals surface area contributed by atoms with Gasteiger partial charge < -0.3 is 0 Å². The minimum absolute atomic E-state index is 0.299. The number of nitrogens with one attached hydrogen (secondary N) is 2. The van der Waals surface area contributed by atoms with Gasteiger partial charge in [0.15, 0.2) is 5.69 Å². The number of hydrogen-bond acceptors (Lipinski definition) is 3. The Kier molecular flexibility index (Phi) is 4.17. The van der Waals surface area contributed by atoms with Gasteiger partial charge in [0, 0.05) is 5.69 Å². The molecular weight excluding hydrogens is 252 g/mol. The lowest BCUT2D eigenvalue weighted by Crippen LogP contribution is -2.23. The van der Waals surface area contributed by atoms with Gasteiger partial charge in [-0.05, 0) is 51.2 Å². The third-order valence-electron chi connectivity index (χ3n) is 3.53. The minimum Gasteiger partial charge on any atom is -0.282 e. The van der Waals surface area contributed by atoms with Crippen LogP contribution in [0.5, 0.6) is 0 Å². The summed E-state index contributed by atoms with van der Waals surface area (Å²) in [4.78, 5) is 11.9. The molecule has 0 saturated carbocycles. The Labute approximate surface area is 118 Å². The first-order valence-electron chi connectivity index (χ1n) is 6.69. The summed E-state index contributed by atoms with van der Waals surface area (Å²) in [5.74, 6) is 0.106. The average Bonchev–Trinajstić information content (AvgIpc) is 2.84. The zero-order valence-corrected chi connectivity index (χ0v) is 12.2. The van der Waals surface area contributed by atoms with Crippen LogP contribution in [0.4, 0.5) is 0 Å². The molecule has 0 fully saturated rings. The van der Waals surface area contributed by atoms with Crippen molar-refractivity contribution in [2.45, 2.75) is 33.6 Å². The maximum absolute atomic E-state index is 11.9. The smallest absolute Gasteiger partial charge is 0.282 e. The Morgan fingerprint density at radius 2 is 2.30 bits per heavy atom. The summed E-state index contributed by atoms with van der Waals surface area (Å²) in [6.07, 6.45) is 3.96. The van der Waals surface area contributed by atoms with E-state index in [2.05, 4.69) is 33.4 Å². The highest BCUT2D eigenvalue weighted by atomic mass is 16.2. The van der Waals surface area contributed by atoms with E-state index < -0.39 is 0 Å². The molecule has 2 N–H and O–H groups in total. The average molecular weight is 272 g/mol. The Bertz CT molecular complexity index is 595. The van der Waals surface area contributed by atoms with Crippen LogP contribution in [0.2, 0.25) is 0 Å². The summed E-state index contributed by atoms with van der Waals surface area (Å²) in [6.45, 7) is 9.89. The van der Waals surface area contributed by atoms with Crippen molar-refractivity contribution in [2.75, 3.05) is 0 Å². The van der Waals surface area contributed by atoms with Crippen molar-refractivity contribution in [1.29, 1.82) is 0 Å². The van der Waals surface area contributed by atoms with Gasteiger partial charge in [0.25, 0.3) is 5.91 Å². The summed E-state index contributed by atoms with van der Waals surface area (Å²) < 4.78 is 0. The molecule has 0 spiro atoms. The van der Waals surface area contributed by atoms with Gasteiger partial charge in [-0.25, -0.2) is 5.43 Å². The second kappa shape index (κ2) is 5.86. The van der Waals surface area contributed by atoms with Gasteiger partial charge in [0.05, 0.1) is 5.71 Å². The van der Waals surface area contributed by atoms with E-state index in [9.17, 15) is 4.79 Å². The number of aromatic amines is 1. The van der Waals surface area contributed by atoms with E-state index in [1.165, 1.54) is 0 Å². The summed E-state index contributed by atoms with van der Waals surface area (Å²) in [5.41, 5.74) is 6.93. The zero-order chi connectivity index (χ0) is 14.7. The topological polar surface area (TPSA) is 70.1 Å². The molecule has 0 aromatic carbocycles. The number of nitrogens with zero attached hydrogens (tertiary/aromatic N) is 2. The molecule has 0 radical (unpaired) electrons. The second-order valence-corrected chi connectivity index (χ2v) is 5.31. The molecule has 20 heavy (non-hydrogen) atoms. The van der Waals surface area contributed by atoms with E-state index in [0.717, 1.165) is 35.4 Å². The van der Waals surface area contributed by atoms with Crippen molar-refractivity contribution < 1.29 is 4.79 Å². The van der Waals surface area contributed by atoms with E-state index in [0.29, 0.717) is 11.6 Å². The quantitative estimate of drug-likeness (QED) is 0.656. The molecule has 1 heterocycles. The third-order valence-corrected chi connectivity index (χ3v) is 3.53. The molecule has 1 aromatic rings. The lowest BCUT2D eigenvalue weighted by atomic mass is 9.85. The molecule has 5 heteroatoms. The van der Waals surface area contributed by atoms with Crippen LogP contribution in [0.3, 0.4) is 0 Å². The predicted molar refractivity (Wildman–Crippen MR) is 79.5 cm³/mol. The van der Waals surface area contributed by atoms with Gasteiger partial charge in [-0.3, -0.25) is 9.89 Å². The summed E-state index contributed by atoms with van der Waals surface area (Å²) >= 11 is 0. The molecule has 0 aliphatic heterocycles. The first-order chi connectivity index (χ1) is 9.47. The van der Waals surface area contributed by atoms with Crippen molar-refractivity contribution in [3.8, 4) is 0 Å². The summed E-state index contributed by atoms with van der Waals surface area (Å²) in [5, 5.41) is 10.9. The number of H-pyrrole nitrogens is 1. The Hall–Kier alpha value is -2.17. The van der Waals surface area contributed by atoms with Crippen LogP contribution in [0.15, 0.2) is 35.0 Å². The molecule has 106 valence electrons. The van der Waals surface area contributed by atoms with Crippen molar-refractivity contribution in [3.05, 3.63) is 41.3 Å². The predicted octanol–water partition coefficient (Wildman–Crippen LogP) is 2.74. The number of carbonyl (C=O) groups excluding carboxylic acids is 1. The number of allylic oxidation sites excluding steroid dienone is 3. The molecular formula is C15H20N4O. The van der Waals surface area contributed by atoms with E-state index in [-0.39, 0.29) is 5.91 Å². The van der Waals surface area contributed by atoms with Gasteiger partial charge in [-0.1, -0.05) is 18.2 Å². The van der Waals surface area contributed by atoms with Gasteiger partial charge in [-0.2, -0.15) is 10.2 Å². The standard InChI is InChI=1S/C15H20N4O/c1-9(2)12-6-5-10(3)13(8-12)17-19-15(20)14-7-11(4)16-18-14/h5,7,12H,1,6,8H2,2-4H3,(H,16,18)(H,19,20)/b17-13-/t12-/m1/s1. The molecule has 0 bridgehead atoms. The molecule has 1 aromatic heterocycles. The third kappa shape index (κ3) is 3.23. The highest BCUT2D eigenvalue weighted by Crippen LogP contribution is 2.26. The van der Waals surface area contributed by atoms with E-state index in [1.807, 2.05) is 20.8 Å². The molecule has 1 amide bonds. The van der Waals surface area contributed by atoms with Crippen LogP contribution < -0.4 is 5.43 Å². The van der Waals surface area contributed by atoms with Crippen LogP contribution in [-0.4, -0.2) is 21.8 Å². The van der Waals surface area contributed by atoms with Crippen LogP contribution in [0, 0.1) is 12.8 Å². The van der Waals surface area contributed by atoms with Gasteiger partial charge in [-0.15, -0.1) is 0 Å². The number of aromatic nitrogens is 2. The highest BCUT2D eigenvalue weighted by Gasteiger charge is 2.19. The van der Waals surface area contributed by atoms with Crippen LogP contribution >= 0.6 is 0 Å². The summed E-state index contributed by atoms with van der Waals surface area (Å²) in [6, 6.07) is 1.69. The number of hydrazone groups is 1. The van der Waals surface area contributed by atoms with E-state index in [1.54, 1.807) is 6.07 Å². The first kappa shape index (κ1) is 14.2.